The number of hydrogen-bond acceptors (Lipinski definition) is 4. The molecule has 0 unspecified atom stereocenters. The van der Waals surface area contributed by atoms with Gasteiger partial charge in [-0.15, -0.1) is 33.1 Å². The summed E-state index contributed by atoms with van der Waals surface area (Å²) in [5.41, 5.74) is 7.26. The second-order valence-corrected chi connectivity index (χ2v) is 19.0. The first-order valence-corrected chi connectivity index (χ1v) is 22.2. The quantitative estimate of drug-likeness (QED) is 0.128. The van der Waals surface area contributed by atoms with Gasteiger partial charge in [0.05, 0.1) is 11.4 Å². The first-order chi connectivity index (χ1) is 27.2. The van der Waals surface area contributed by atoms with E-state index in [4.69, 9.17) is 4.74 Å². The molecular formula is C49H34BNOS3. The molecule has 0 radical (unpaired) electrons. The maximum absolute atomic E-state index is 6.48. The normalized spacial score (nSPS) is 14.4. The maximum Gasteiger partial charge on any atom is 0.252 e. The van der Waals surface area contributed by atoms with Gasteiger partial charge in [-0.2, -0.15) is 0 Å². The van der Waals surface area contributed by atoms with Crippen LogP contribution >= 0.6 is 33.1 Å². The molecule has 2 nitrogen and oxygen atoms in total. The summed E-state index contributed by atoms with van der Waals surface area (Å²) in [7, 11) is -1.91. The molecule has 1 aromatic heterocycles. The van der Waals surface area contributed by atoms with Crippen LogP contribution in [-0.4, -0.2) is 13.0 Å². The molecule has 0 aliphatic carbocycles. The van der Waals surface area contributed by atoms with E-state index in [1.54, 1.807) is 11.8 Å². The summed E-state index contributed by atoms with van der Waals surface area (Å²) in [6.07, 6.45) is 2.15. The molecule has 0 fully saturated rings. The zero-order chi connectivity index (χ0) is 36.5. The van der Waals surface area contributed by atoms with Gasteiger partial charge in [0, 0.05) is 50.3 Å². The van der Waals surface area contributed by atoms with E-state index in [-0.39, 0.29) is 6.71 Å². The molecule has 0 spiro atoms. The zero-order valence-electron chi connectivity index (χ0n) is 30.1. The van der Waals surface area contributed by atoms with Crippen molar-refractivity contribution in [3.05, 3.63) is 188 Å². The van der Waals surface area contributed by atoms with Crippen molar-refractivity contribution in [1.29, 1.82) is 0 Å². The second-order valence-electron chi connectivity index (χ2n) is 14.0. The van der Waals surface area contributed by atoms with Crippen LogP contribution in [-0.2, 0) is 0 Å². The number of thiophene rings is 1. The highest BCUT2D eigenvalue weighted by Gasteiger charge is 2.43. The number of hydrogen-bond donors (Lipinski definition) is 0. The Kier molecular flexibility index (Phi) is 7.73. The van der Waals surface area contributed by atoms with Gasteiger partial charge in [-0.05, 0) is 108 Å². The predicted molar refractivity (Wildman–Crippen MR) is 237 cm³/mol. The van der Waals surface area contributed by atoms with Gasteiger partial charge < -0.3 is 9.64 Å². The Balaban J connectivity index is 1.12. The van der Waals surface area contributed by atoms with Crippen molar-refractivity contribution >= 4 is 93.5 Å². The lowest BCUT2D eigenvalue weighted by Crippen LogP contribution is -2.55. The van der Waals surface area contributed by atoms with E-state index >= 15 is 0 Å². The number of para-hydroxylation sites is 3. The molecular weight excluding hydrogens is 726 g/mol. The van der Waals surface area contributed by atoms with Crippen molar-refractivity contribution in [2.45, 2.75) is 24.5 Å². The number of ether oxygens (including phenoxy) is 1. The lowest BCUT2D eigenvalue weighted by molar-refractivity contribution is 0.486. The van der Waals surface area contributed by atoms with Gasteiger partial charge in [0.25, 0.3) is 6.71 Å². The number of rotatable bonds is 5. The standard InChI is InChI=1S/C49H34BNOS3/c1-53-46-23-13-21-43-49(46)50(39-17-6-9-20-42(39)52-43)33-26-28-34(29-27-33)51-40-18-7-11-24-47(40)55(35-14-3-2-4-15-35,48-25-12-8-19-41(48)51)36-30-31-45-38(32-36)37-16-5-10-22-44(37)54-45/h2-32H,1H3. The summed E-state index contributed by atoms with van der Waals surface area (Å²) < 4.78 is 9.14. The molecule has 2 aliphatic rings. The van der Waals surface area contributed by atoms with Crippen molar-refractivity contribution in [1.82, 2.24) is 0 Å². The van der Waals surface area contributed by atoms with Gasteiger partial charge in [-0.25, -0.2) is 0 Å². The number of benzene rings is 8. The minimum absolute atomic E-state index is 0.0665. The average molecular weight is 760 g/mol. The Hall–Kier alpha value is -5.66. The summed E-state index contributed by atoms with van der Waals surface area (Å²) >= 11 is 3.66. The van der Waals surface area contributed by atoms with Gasteiger partial charge >= 0.3 is 0 Å². The third-order valence-electron chi connectivity index (χ3n) is 11.1. The molecule has 8 aromatic carbocycles. The van der Waals surface area contributed by atoms with Crippen LogP contribution in [0.15, 0.2) is 213 Å². The van der Waals surface area contributed by atoms with Crippen LogP contribution in [0.25, 0.3) is 20.2 Å². The second kappa shape index (κ2) is 13.0. The first kappa shape index (κ1) is 32.7. The van der Waals surface area contributed by atoms with Gasteiger partial charge in [-0.3, -0.25) is 0 Å². The minimum atomic E-state index is -1.91. The number of thioether (sulfide) groups is 1. The van der Waals surface area contributed by atoms with Crippen LogP contribution in [0.4, 0.5) is 17.1 Å². The van der Waals surface area contributed by atoms with E-state index < -0.39 is 10.0 Å². The Labute approximate surface area is 331 Å². The summed E-state index contributed by atoms with van der Waals surface area (Å²) in [6, 6.07) is 69.7. The zero-order valence-corrected chi connectivity index (χ0v) is 32.5. The lowest BCUT2D eigenvalue weighted by Gasteiger charge is -2.50. The highest BCUT2D eigenvalue weighted by molar-refractivity contribution is 8.34. The Morgan fingerprint density at radius 3 is 1.98 bits per heavy atom. The molecule has 0 N–H and O–H groups in total. The smallest absolute Gasteiger partial charge is 0.252 e. The maximum atomic E-state index is 6.48. The Bertz CT molecular complexity index is 2880. The molecule has 11 rings (SSSR count). The van der Waals surface area contributed by atoms with Crippen molar-refractivity contribution in [2.24, 2.45) is 0 Å². The molecule has 0 saturated heterocycles. The topological polar surface area (TPSA) is 12.5 Å². The fourth-order valence-electron chi connectivity index (χ4n) is 8.82. The first-order valence-electron chi connectivity index (χ1n) is 18.6. The van der Waals surface area contributed by atoms with Crippen LogP contribution in [0.3, 0.4) is 0 Å². The highest BCUT2D eigenvalue weighted by atomic mass is 32.3. The molecule has 55 heavy (non-hydrogen) atoms. The molecule has 3 heterocycles. The van der Waals surface area contributed by atoms with E-state index in [9.17, 15) is 0 Å². The molecule has 2 aliphatic heterocycles. The lowest BCUT2D eigenvalue weighted by atomic mass is 9.36. The minimum Gasteiger partial charge on any atom is -0.458 e. The van der Waals surface area contributed by atoms with Crippen LogP contribution in [0, 0.1) is 0 Å². The van der Waals surface area contributed by atoms with Crippen molar-refractivity contribution in [3.63, 3.8) is 0 Å². The van der Waals surface area contributed by atoms with Gasteiger partial charge in [0.1, 0.15) is 11.5 Å². The molecule has 0 atom stereocenters. The summed E-state index contributed by atoms with van der Waals surface area (Å²) in [5.74, 6) is 1.86. The monoisotopic (exact) mass is 759 g/mol. The van der Waals surface area contributed by atoms with Crippen LogP contribution in [0.5, 0.6) is 11.5 Å². The fourth-order valence-corrected chi connectivity index (χ4v) is 14.7. The fraction of sp³-hybridized carbons (Fsp3) is 0.0204. The molecule has 0 bridgehead atoms. The largest absolute Gasteiger partial charge is 0.458 e. The number of anilines is 3. The molecule has 0 saturated carbocycles. The van der Waals surface area contributed by atoms with Gasteiger partial charge in [0.2, 0.25) is 0 Å². The SMILES string of the molecule is CSc1cccc2c1B(c1ccc(N3c4ccccc4S(c4ccccc4)(c4ccc5sc6ccccc6c5c4)c4ccccc43)cc1)c1ccccc1O2. The third kappa shape index (κ3) is 4.92. The van der Waals surface area contributed by atoms with E-state index in [0.717, 1.165) is 17.2 Å². The molecule has 0 amide bonds. The third-order valence-corrected chi connectivity index (χ3v) is 17.0. The highest BCUT2D eigenvalue weighted by Crippen LogP contribution is 2.79. The van der Waals surface area contributed by atoms with Crippen molar-refractivity contribution in [2.75, 3.05) is 11.2 Å². The van der Waals surface area contributed by atoms with Crippen LogP contribution < -0.4 is 26.0 Å². The molecule has 9 aromatic rings. The van der Waals surface area contributed by atoms with E-state index in [0.29, 0.717) is 0 Å². The van der Waals surface area contributed by atoms with E-state index in [2.05, 4.69) is 199 Å². The Morgan fingerprint density at radius 2 is 1.20 bits per heavy atom. The van der Waals surface area contributed by atoms with E-state index in [1.165, 1.54) is 72.4 Å². The number of fused-ring (bicyclic) bond motifs is 7. The van der Waals surface area contributed by atoms with E-state index in [1.807, 2.05) is 11.3 Å². The number of nitrogens with zero attached hydrogens (tertiary/aromatic N) is 1. The van der Waals surface area contributed by atoms with Crippen LogP contribution in [0.1, 0.15) is 0 Å². The predicted octanol–water partition coefficient (Wildman–Crippen LogP) is 12.5. The van der Waals surface area contributed by atoms with Gasteiger partial charge in [-0.1, -0.05) is 103 Å². The molecule has 6 heteroatoms. The summed E-state index contributed by atoms with van der Waals surface area (Å²) in [6.45, 7) is 0.0665. The summed E-state index contributed by atoms with van der Waals surface area (Å²) in [4.78, 5) is 9.12. The molecule has 262 valence electrons. The van der Waals surface area contributed by atoms with Crippen molar-refractivity contribution in [3.8, 4) is 11.5 Å². The Morgan fingerprint density at radius 1 is 0.545 bits per heavy atom. The van der Waals surface area contributed by atoms with Crippen LogP contribution in [0.2, 0.25) is 0 Å². The van der Waals surface area contributed by atoms with Gasteiger partial charge in [0.15, 0.2) is 0 Å². The summed E-state index contributed by atoms with van der Waals surface area (Å²) in [5, 5.41) is 2.65. The average Bonchev–Trinajstić information content (AvgIpc) is 3.63. The van der Waals surface area contributed by atoms with Crippen molar-refractivity contribution < 1.29 is 4.74 Å².